The van der Waals surface area contributed by atoms with Gasteiger partial charge in [-0.1, -0.05) is 79.4 Å². The van der Waals surface area contributed by atoms with Crippen molar-refractivity contribution < 1.29 is 0 Å². The van der Waals surface area contributed by atoms with Crippen LogP contribution in [0.3, 0.4) is 0 Å². The third-order valence-corrected chi connectivity index (χ3v) is 8.45. The summed E-state index contributed by atoms with van der Waals surface area (Å²) in [4.78, 5) is 5.12. The van der Waals surface area contributed by atoms with Gasteiger partial charge in [0, 0.05) is 10.9 Å². The highest BCUT2D eigenvalue weighted by Crippen LogP contribution is 2.33. The zero-order valence-corrected chi connectivity index (χ0v) is 19.2. The maximum absolute atomic E-state index is 5.12. The van der Waals surface area contributed by atoms with E-state index in [0.29, 0.717) is 0 Å². The smallest absolute Gasteiger partial charge is 0.0776 e. The molecule has 1 aromatic heterocycles. The molecule has 0 bridgehead atoms. The van der Waals surface area contributed by atoms with E-state index in [1.165, 1.54) is 64.1 Å². The Morgan fingerprint density at radius 2 is 1.47 bits per heavy atom. The third-order valence-electron chi connectivity index (χ3n) is 6.40. The van der Waals surface area contributed by atoms with E-state index < -0.39 is 8.07 Å². The molecule has 0 saturated heterocycles. The zero-order valence-electron chi connectivity index (χ0n) is 18.2. The average molecular weight is 408 g/mol. The molecule has 1 aliphatic rings. The van der Waals surface area contributed by atoms with Gasteiger partial charge in [0.05, 0.1) is 19.3 Å². The topological polar surface area (TPSA) is 12.9 Å². The first-order chi connectivity index (χ1) is 14.5. The molecule has 150 valence electrons. The summed E-state index contributed by atoms with van der Waals surface area (Å²) in [6.45, 7) is 7.22. The van der Waals surface area contributed by atoms with Crippen molar-refractivity contribution in [3.8, 4) is 22.4 Å². The molecule has 0 radical (unpaired) electrons. The number of benzene rings is 3. The van der Waals surface area contributed by atoms with E-state index in [-0.39, 0.29) is 0 Å². The SMILES string of the molecule is C[Si](C)(C)c1ccc2nc(-c3ccc4c(c3)CCCC4)cc(-c3ccccc3)c2c1. The summed E-state index contributed by atoms with van der Waals surface area (Å²) in [6, 6.07) is 27.0. The van der Waals surface area contributed by atoms with Crippen LogP contribution in [0.15, 0.2) is 72.8 Å². The highest BCUT2D eigenvalue weighted by Gasteiger charge is 2.19. The fourth-order valence-electron chi connectivity index (χ4n) is 4.59. The van der Waals surface area contributed by atoms with Crippen LogP contribution >= 0.6 is 0 Å². The summed E-state index contributed by atoms with van der Waals surface area (Å²) >= 11 is 0. The van der Waals surface area contributed by atoms with Crippen molar-refractivity contribution in [2.75, 3.05) is 0 Å². The second-order valence-corrected chi connectivity index (χ2v) is 14.7. The molecule has 2 heteroatoms. The molecule has 0 amide bonds. The van der Waals surface area contributed by atoms with Crippen molar-refractivity contribution in [1.29, 1.82) is 0 Å². The normalized spacial score (nSPS) is 14.0. The Bertz CT molecular complexity index is 1220. The van der Waals surface area contributed by atoms with Crippen molar-refractivity contribution in [3.63, 3.8) is 0 Å². The largest absolute Gasteiger partial charge is 0.248 e. The number of aromatic nitrogens is 1. The Labute approximate surface area is 180 Å². The first-order valence-corrected chi connectivity index (χ1v) is 14.6. The van der Waals surface area contributed by atoms with Crippen molar-refractivity contribution >= 4 is 24.2 Å². The number of nitrogens with zero attached hydrogens (tertiary/aromatic N) is 1. The monoisotopic (exact) mass is 407 g/mol. The summed E-state index contributed by atoms with van der Waals surface area (Å²) in [6.07, 6.45) is 5.03. The molecule has 1 aliphatic carbocycles. The Balaban J connectivity index is 1.73. The molecule has 0 aliphatic heterocycles. The van der Waals surface area contributed by atoms with E-state index >= 15 is 0 Å². The van der Waals surface area contributed by atoms with E-state index in [2.05, 4.69) is 92.4 Å². The molecule has 5 rings (SSSR count). The zero-order chi connectivity index (χ0) is 20.7. The summed E-state index contributed by atoms with van der Waals surface area (Å²) in [5, 5.41) is 2.75. The van der Waals surface area contributed by atoms with Gasteiger partial charge in [-0.05, 0) is 66.1 Å². The summed E-state index contributed by atoms with van der Waals surface area (Å²) in [7, 11) is -1.40. The minimum Gasteiger partial charge on any atom is -0.248 e. The van der Waals surface area contributed by atoms with E-state index in [4.69, 9.17) is 4.98 Å². The predicted octanol–water partition coefficient (Wildman–Crippen LogP) is 6.99. The lowest BCUT2D eigenvalue weighted by Crippen LogP contribution is -2.37. The maximum Gasteiger partial charge on any atom is 0.0776 e. The van der Waals surface area contributed by atoms with Crippen molar-refractivity contribution in [1.82, 2.24) is 4.98 Å². The predicted molar refractivity (Wildman–Crippen MR) is 132 cm³/mol. The van der Waals surface area contributed by atoms with E-state index in [0.717, 1.165) is 11.2 Å². The van der Waals surface area contributed by atoms with Gasteiger partial charge in [0.1, 0.15) is 0 Å². The molecule has 30 heavy (non-hydrogen) atoms. The highest BCUT2D eigenvalue weighted by atomic mass is 28.3. The van der Waals surface area contributed by atoms with Gasteiger partial charge in [-0.3, -0.25) is 0 Å². The van der Waals surface area contributed by atoms with Crippen LogP contribution in [-0.4, -0.2) is 13.1 Å². The lowest BCUT2D eigenvalue weighted by atomic mass is 9.89. The first kappa shape index (κ1) is 19.3. The number of fused-ring (bicyclic) bond motifs is 2. The Hall–Kier alpha value is -2.71. The fourth-order valence-corrected chi connectivity index (χ4v) is 5.75. The third kappa shape index (κ3) is 3.61. The van der Waals surface area contributed by atoms with Gasteiger partial charge < -0.3 is 0 Å². The second-order valence-electron chi connectivity index (χ2n) is 9.59. The molecule has 1 nitrogen and oxygen atoms in total. The van der Waals surface area contributed by atoms with Crippen molar-refractivity contribution in [3.05, 3.63) is 83.9 Å². The number of hydrogen-bond acceptors (Lipinski definition) is 1. The molecule has 0 fully saturated rings. The van der Waals surface area contributed by atoms with Crippen LogP contribution in [0, 0.1) is 0 Å². The summed E-state index contributed by atoms with van der Waals surface area (Å²) in [5.41, 5.74) is 8.99. The minimum absolute atomic E-state index is 1.08. The summed E-state index contributed by atoms with van der Waals surface area (Å²) < 4.78 is 0. The van der Waals surface area contributed by atoms with Crippen LogP contribution in [0.25, 0.3) is 33.3 Å². The van der Waals surface area contributed by atoms with Gasteiger partial charge in [-0.25, -0.2) is 4.98 Å². The molecule has 3 aromatic carbocycles. The molecule has 0 saturated carbocycles. The molecule has 4 aromatic rings. The van der Waals surface area contributed by atoms with Crippen LogP contribution in [0.2, 0.25) is 19.6 Å². The molecular formula is C28H29NSi. The Morgan fingerprint density at radius 1 is 0.700 bits per heavy atom. The van der Waals surface area contributed by atoms with Crippen molar-refractivity contribution in [2.45, 2.75) is 45.3 Å². The molecule has 0 atom stereocenters. The lowest BCUT2D eigenvalue weighted by Gasteiger charge is -2.19. The Kier molecular flexibility index (Phi) is 4.83. The van der Waals surface area contributed by atoms with Gasteiger partial charge >= 0.3 is 0 Å². The molecule has 1 heterocycles. The van der Waals surface area contributed by atoms with E-state index in [9.17, 15) is 0 Å². The molecule has 0 spiro atoms. The number of aryl methyl sites for hydroxylation is 2. The Morgan fingerprint density at radius 3 is 2.23 bits per heavy atom. The quantitative estimate of drug-likeness (QED) is 0.333. The van der Waals surface area contributed by atoms with E-state index in [1.807, 2.05) is 0 Å². The molecule has 0 N–H and O–H groups in total. The minimum atomic E-state index is -1.40. The van der Waals surface area contributed by atoms with Crippen LogP contribution in [-0.2, 0) is 12.8 Å². The number of rotatable bonds is 3. The maximum atomic E-state index is 5.12. The molecular weight excluding hydrogens is 378 g/mol. The van der Waals surface area contributed by atoms with Crippen molar-refractivity contribution in [2.24, 2.45) is 0 Å². The molecule has 0 unspecified atom stereocenters. The number of hydrogen-bond donors (Lipinski definition) is 0. The van der Waals surface area contributed by atoms with Crippen LogP contribution in [0.1, 0.15) is 24.0 Å². The van der Waals surface area contributed by atoms with Crippen LogP contribution in [0.5, 0.6) is 0 Å². The van der Waals surface area contributed by atoms with Crippen LogP contribution in [0.4, 0.5) is 0 Å². The lowest BCUT2D eigenvalue weighted by molar-refractivity contribution is 0.686. The van der Waals surface area contributed by atoms with Gasteiger partial charge in [0.2, 0.25) is 0 Å². The van der Waals surface area contributed by atoms with Gasteiger partial charge in [-0.15, -0.1) is 0 Å². The average Bonchev–Trinajstić information content (AvgIpc) is 2.77. The van der Waals surface area contributed by atoms with E-state index in [1.54, 1.807) is 0 Å². The summed E-state index contributed by atoms with van der Waals surface area (Å²) in [5.74, 6) is 0. The van der Waals surface area contributed by atoms with Gasteiger partial charge in [0.25, 0.3) is 0 Å². The standard InChI is InChI=1S/C28H29NSi/c1-30(2,3)24-15-16-27-26(18-24)25(21-10-5-4-6-11-21)19-28(29-27)23-14-13-20-9-7-8-12-22(20)17-23/h4-6,10-11,13-19H,7-9,12H2,1-3H3. The highest BCUT2D eigenvalue weighted by molar-refractivity contribution is 6.88. The van der Waals surface area contributed by atoms with Gasteiger partial charge in [0.15, 0.2) is 0 Å². The second kappa shape index (κ2) is 7.52. The van der Waals surface area contributed by atoms with Crippen LogP contribution < -0.4 is 5.19 Å². The fraction of sp³-hybridized carbons (Fsp3) is 0.250. The van der Waals surface area contributed by atoms with Gasteiger partial charge in [-0.2, -0.15) is 0 Å². The first-order valence-electron chi connectivity index (χ1n) is 11.1. The number of pyridine rings is 1.